The molecule has 0 bridgehead atoms. The van der Waals surface area contributed by atoms with Crippen LogP contribution in [0, 0.1) is 27.7 Å². The Hall–Kier alpha value is -2.60. The topological polar surface area (TPSA) is 0 Å². The zero-order valence-electron chi connectivity index (χ0n) is 16.2. The molecular weight excluding hydrogens is 312 g/mol. The predicted octanol–water partition coefficient (Wildman–Crippen LogP) is 6.92. The van der Waals surface area contributed by atoms with Crippen molar-refractivity contribution in [1.82, 2.24) is 0 Å². The Morgan fingerprint density at radius 2 is 0.885 bits per heavy atom. The van der Waals surface area contributed by atoms with Crippen LogP contribution in [-0.2, 0) is 12.8 Å². The molecule has 0 saturated heterocycles. The third-order valence-electron chi connectivity index (χ3n) is 5.53. The van der Waals surface area contributed by atoms with Gasteiger partial charge in [-0.3, -0.25) is 0 Å². The highest BCUT2D eigenvalue weighted by atomic mass is 14.2. The molecule has 0 heterocycles. The molecule has 0 aromatic rings. The fourth-order valence-electron chi connectivity index (χ4n) is 4.40. The van der Waals surface area contributed by atoms with Crippen molar-refractivity contribution in [3.05, 3.63) is 94.0 Å². The van der Waals surface area contributed by atoms with Crippen LogP contribution >= 0.6 is 0 Å². The van der Waals surface area contributed by atoms with Gasteiger partial charge >= 0.3 is 0 Å². The van der Waals surface area contributed by atoms with Crippen LogP contribution < -0.4 is 0 Å². The SMILES string of the molecule is Cc1cc(C)c2cccc-2c(CCc2cc(C)cc(C)c3cccc2-3)c1. The molecule has 26 heavy (non-hydrogen) atoms. The average molecular weight is 338 g/mol. The van der Waals surface area contributed by atoms with Gasteiger partial charge in [0, 0.05) is 0 Å². The van der Waals surface area contributed by atoms with E-state index < -0.39 is 0 Å². The largest absolute Gasteiger partial charge is 0.0610 e. The number of hydrogen-bond donors (Lipinski definition) is 0. The van der Waals surface area contributed by atoms with E-state index in [1.54, 1.807) is 0 Å². The van der Waals surface area contributed by atoms with E-state index >= 15 is 0 Å². The first-order valence-corrected chi connectivity index (χ1v) is 9.50. The van der Waals surface area contributed by atoms with E-state index in [2.05, 4.69) is 88.4 Å². The van der Waals surface area contributed by atoms with Crippen molar-refractivity contribution < 1.29 is 0 Å². The van der Waals surface area contributed by atoms with Crippen LogP contribution in [0.4, 0.5) is 0 Å². The molecule has 0 atom stereocenters. The normalized spacial score (nSPS) is 11.4. The summed E-state index contributed by atoms with van der Waals surface area (Å²) in [5.74, 6) is 0. The molecule has 0 amide bonds. The van der Waals surface area contributed by atoms with E-state index in [9.17, 15) is 0 Å². The van der Waals surface area contributed by atoms with Gasteiger partial charge in [0.1, 0.15) is 0 Å². The molecule has 0 aliphatic heterocycles. The van der Waals surface area contributed by atoms with Crippen LogP contribution in [0.25, 0.3) is 22.3 Å². The van der Waals surface area contributed by atoms with Gasteiger partial charge < -0.3 is 0 Å². The zero-order chi connectivity index (χ0) is 18.3. The van der Waals surface area contributed by atoms with Crippen LogP contribution in [0.3, 0.4) is 0 Å². The van der Waals surface area contributed by atoms with E-state index in [1.165, 1.54) is 55.6 Å². The lowest BCUT2D eigenvalue weighted by Gasteiger charge is -2.08. The lowest BCUT2D eigenvalue weighted by atomic mass is 9.96. The molecule has 0 nitrogen and oxygen atoms in total. The fourth-order valence-corrected chi connectivity index (χ4v) is 4.40. The van der Waals surface area contributed by atoms with Crippen molar-refractivity contribution in [3.63, 3.8) is 0 Å². The van der Waals surface area contributed by atoms with Gasteiger partial charge in [0.15, 0.2) is 0 Å². The summed E-state index contributed by atoms with van der Waals surface area (Å²) in [6.45, 7) is 8.85. The van der Waals surface area contributed by atoms with Crippen LogP contribution in [0.1, 0.15) is 33.4 Å². The van der Waals surface area contributed by atoms with Crippen molar-refractivity contribution in [1.29, 1.82) is 0 Å². The fraction of sp³-hybridized carbons (Fsp3) is 0.231. The predicted molar refractivity (Wildman–Crippen MR) is 112 cm³/mol. The first kappa shape index (κ1) is 16.8. The van der Waals surface area contributed by atoms with Crippen LogP contribution in [0.5, 0.6) is 0 Å². The third-order valence-corrected chi connectivity index (χ3v) is 5.53. The summed E-state index contributed by atoms with van der Waals surface area (Å²) in [7, 11) is 0. The molecule has 0 aromatic carbocycles. The Morgan fingerprint density at radius 1 is 0.500 bits per heavy atom. The zero-order valence-corrected chi connectivity index (χ0v) is 16.2. The van der Waals surface area contributed by atoms with Crippen LogP contribution in [0.2, 0.25) is 0 Å². The van der Waals surface area contributed by atoms with Crippen molar-refractivity contribution in [2.45, 2.75) is 40.5 Å². The van der Waals surface area contributed by atoms with Crippen molar-refractivity contribution in [2.24, 2.45) is 0 Å². The number of hydrogen-bond acceptors (Lipinski definition) is 0. The minimum atomic E-state index is 1.07. The molecule has 0 unspecified atom stereocenters. The molecule has 0 aromatic heterocycles. The summed E-state index contributed by atoms with van der Waals surface area (Å²) < 4.78 is 0. The molecule has 0 spiro atoms. The van der Waals surface area contributed by atoms with Gasteiger partial charge in [0.25, 0.3) is 0 Å². The molecule has 4 rings (SSSR count). The van der Waals surface area contributed by atoms with Crippen LogP contribution in [0.15, 0.2) is 60.7 Å². The molecule has 130 valence electrons. The molecule has 4 aliphatic rings. The average Bonchev–Trinajstić information content (AvgIpc) is 3.21. The Morgan fingerprint density at radius 3 is 1.31 bits per heavy atom. The van der Waals surface area contributed by atoms with E-state index in [1.807, 2.05) is 0 Å². The Balaban J connectivity index is 1.73. The van der Waals surface area contributed by atoms with Gasteiger partial charge in [0.2, 0.25) is 0 Å². The van der Waals surface area contributed by atoms with Gasteiger partial charge in [-0.05, 0) is 85.0 Å². The Kier molecular flexibility index (Phi) is 4.28. The molecule has 0 fully saturated rings. The van der Waals surface area contributed by atoms with Gasteiger partial charge in [0.05, 0.1) is 0 Å². The maximum atomic E-state index is 2.37. The molecule has 0 saturated carbocycles. The second-order valence-corrected chi connectivity index (χ2v) is 7.69. The van der Waals surface area contributed by atoms with E-state index in [0.717, 1.165) is 12.8 Å². The summed E-state index contributed by atoms with van der Waals surface area (Å²) in [5.41, 5.74) is 13.9. The first-order chi connectivity index (χ1) is 12.5. The first-order valence-electron chi connectivity index (χ1n) is 9.50. The molecule has 0 heteroatoms. The van der Waals surface area contributed by atoms with E-state index in [-0.39, 0.29) is 0 Å². The van der Waals surface area contributed by atoms with Crippen LogP contribution in [-0.4, -0.2) is 0 Å². The number of rotatable bonds is 3. The quantitative estimate of drug-likeness (QED) is 0.380. The van der Waals surface area contributed by atoms with E-state index in [0.29, 0.717) is 0 Å². The second-order valence-electron chi connectivity index (χ2n) is 7.69. The smallest absolute Gasteiger partial charge is 0.0149 e. The standard InChI is InChI=1S/C26H26/c1-17-13-19(3)23-7-5-9-25(23)21(15-17)11-12-22-16-18(2)14-20(4)24-8-6-10-26(22)24/h5-10,13-16H,11-12H2,1-4H3. The minimum Gasteiger partial charge on any atom is -0.0610 e. The van der Waals surface area contributed by atoms with Crippen molar-refractivity contribution >= 4 is 0 Å². The molecule has 0 N–H and O–H groups in total. The van der Waals surface area contributed by atoms with Gasteiger partial charge in [-0.25, -0.2) is 0 Å². The third kappa shape index (κ3) is 3.01. The van der Waals surface area contributed by atoms with Gasteiger partial charge in [-0.15, -0.1) is 0 Å². The number of fused-ring (bicyclic) bond motifs is 2. The maximum absolute atomic E-state index is 2.37. The molecule has 0 radical (unpaired) electrons. The van der Waals surface area contributed by atoms with Crippen molar-refractivity contribution in [2.75, 3.05) is 0 Å². The summed E-state index contributed by atoms with van der Waals surface area (Å²) in [5, 5.41) is 0. The highest BCUT2D eigenvalue weighted by Crippen LogP contribution is 2.33. The highest BCUT2D eigenvalue weighted by Gasteiger charge is 2.13. The monoisotopic (exact) mass is 338 g/mol. The summed E-state index contributed by atoms with van der Waals surface area (Å²) in [6.07, 6.45) is 2.14. The summed E-state index contributed by atoms with van der Waals surface area (Å²) in [4.78, 5) is 0. The van der Waals surface area contributed by atoms with Crippen molar-refractivity contribution in [3.8, 4) is 22.3 Å². The van der Waals surface area contributed by atoms with Gasteiger partial charge in [-0.1, -0.05) is 71.8 Å². The summed E-state index contributed by atoms with van der Waals surface area (Å²) >= 11 is 0. The lowest BCUT2D eigenvalue weighted by Crippen LogP contribution is -1.94. The minimum absolute atomic E-state index is 1.07. The lowest BCUT2D eigenvalue weighted by molar-refractivity contribution is 0.965. The second kappa shape index (κ2) is 6.61. The maximum Gasteiger partial charge on any atom is -0.0149 e. The summed E-state index contributed by atoms with van der Waals surface area (Å²) in [6, 6.07) is 22.8. The number of aryl methyl sites for hydroxylation is 6. The van der Waals surface area contributed by atoms with E-state index in [4.69, 9.17) is 0 Å². The highest BCUT2D eigenvalue weighted by molar-refractivity contribution is 5.75. The Bertz CT molecular complexity index is 938. The van der Waals surface area contributed by atoms with Gasteiger partial charge in [-0.2, -0.15) is 0 Å². The molecule has 4 aliphatic carbocycles. The Labute approximate surface area is 157 Å². The molecular formula is C26H26.